The number of benzene rings is 1. The Hall–Kier alpha value is -2.83. The number of amides is 1. The number of aryl methyl sites for hydroxylation is 1. The monoisotopic (exact) mass is 384 g/mol. The van der Waals surface area contributed by atoms with E-state index in [-0.39, 0.29) is 5.91 Å². The first-order valence-corrected chi connectivity index (χ1v) is 9.71. The lowest BCUT2D eigenvalue weighted by Gasteiger charge is -2.36. The summed E-state index contributed by atoms with van der Waals surface area (Å²) in [4.78, 5) is 24.1. The second-order valence-corrected chi connectivity index (χ2v) is 6.93. The minimum atomic E-state index is -0.274. The van der Waals surface area contributed by atoms with Gasteiger partial charge in [-0.1, -0.05) is 6.92 Å². The topological polar surface area (TPSA) is 76.6 Å². The van der Waals surface area contributed by atoms with Crippen LogP contribution in [0.1, 0.15) is 48.9 Å². The van der Waals surface area contributed by atoms with Crippen molar-refractivity contribution in [3.63, 3.8) is 0 Å². The number of nitrogens with one attached hydrogen (secondary N) is 1. The molecule has 1 unspecified atom stereocenters. The summed E-state index contributed by atoms with van der Waals surface area (Å²) in [6, 6.07) is 7.50. The minimum Gasteiger partial charge on any atom is -0.493 e. The largest absolute Gasteiger partial charge is 0.493 e. The smallest absolute Gasteiger partial charge is 0.274 e. The lowest BCUT2D eigenvalue weighted by molar-refractivity contribution is 0.102. The number of carbonyl (C=O) groups excluding carboxylic acids is 1. The van der Waals surface area contributed by atoms with Crippen molar-refractivity contribution in [1.82, 2.24) is 9.97 Å². The third-order valence-electron chi connectivity index (χ3n) is 5.09. The Labute approximate surface area is 166 Å². The SMILES string of the molecule is CCC1CCCCN1c1cc(C(=O)Nc2ccc(OC)c(OC)c2)nc(C)n1. The first-order chi connectivity index (χ1) is 13.5. The van der Waals surface area contributed by atoms with Crippen LogP contribution < -0.4 is 19.7 Å². The Kier molecular flexibility index (Phi) is 6.34. The standard InChI is InChI=1S/C21H28N4O3/c1-5-16-8-6-7-11-25(16)20-13-17(22-14(2)23-20)21(26)24-15-9-10-18(27-3)19(12-15)28-4/h9-10,12-13,16H,5-8,11H2,1-4H3,(H,24,26). The maximum atomic E-state index is 12.8. The number of ether oxygens (including phenoxy) is 2. The van der Waals surface area contributed by atoms with Gasteiger partial charge in [0.15, 0.2) is 11.5 Å². The molecule has 1 saturated heterocycles. The van der Waals surface area contributed by atoms with Crippen LogP contribution >= 0.6 is 0 Å². The molecule has 2 heterocycles. The second kappa shape index (κ2) is 8.91. The molecule has 7 nitrogen and oxygen atoms in total. The summed E-state index contributed by atoms with van der Waals surface area (Å²) in [7, 11) is 3.14. The quantitative estimate of drug-likeness (QED) is 0.816. The molecule has 1 amide bonds. The van der Waals surface area contributed by atoms with Gasteiger partial charge in [-0.2, -0.15) is 0 Å². The highest BCUT2D eigenvalue weighted by molar-refractivity contribution is 6.03. The van der Waals surface area contributed by atoms with Crippen LogP contribution in [0.4, 0.5) is 11.5 Å². The number of rotatable bonds is 6. The number of aromatic nitrogens is 2. The molecule has 0 spiro atoms. The van der Waals surface area contributed by atoms with E-state index in [1.54, 1.807) is 38.5 Å². The predicted octanol–water partition coefficient (Wildman–Crippen LogP) is 3.82. The van der Waals surface area contributed by atoms with Crippen LogP contribution in [-0.2, 0) is 0 Å². The second-order valence-electron chi connectivity index (χ2n) is 6.93. The van der Waals surface area contributed by atoms with Crippen molar-refractivity contribution in [2.75, 3.05) is 31.0 Å². The summed E-state index contributed by atoms with van der Waals surface area (Å²) in [6.07, 6.45) is 4.61. The highest BCUT2D eigenvalue weighted by Crippen LogP contribution is 2.30. The average Bonchev–Trinajstić information content (AvgIpc) is 2.73. The van der Waals surface area contributed by atoms with E-state index in [0.29, 0.717) is 34.7 Å². The first kappa shape index (κ1) is 19.9. The van der Waals surface area contributed by atoms with Crippen molar-refractivity contribution in [3.05, 3.63) is 35.8 Å². The zero-order valence-electron chi connectivity index (χ0n) is 17.0. The Morgan fingerprint density at radius 1 is 1.18 bits per heavy atom. The molecule has 1 fully saturated rings. The molecule has 0 saturated carbocycles. The maximum absolute atomic E-state index is 12.8. The first-order valence-electron chi connectivity index (χ1n) is 9.71. The molecule has 1 aromatic heterocycles. The van der Waals surface area contributed by atoms with Crippen molar-refractivity contribution in [1.29, 1.82) is 0 Å². The number of piperidine rings is 1. The van der Waals surface area contributed by atoms with Crippen molar-refractivity contribution in [2.24, 2.45) is 0 Å². The molecule has 1 aromatic carbocycles. The molecule has 2 aromatic rings. The van der Waals surface area contributed by atoms with Crippen LogP contribution in [0.15, 0.2) is 24.3 Å². The molecule has 7 heteroatoms. The summed E-state index contributed by atoms with van der Waals surface area (Å²) in [5, 5.41) is 2.88. The number of methoxy groups -OCH3 is 2. The molecule has 1 aliphatic rings. The van der Waals surface area contributed by atoms with Crippen LogP contribution in [0.5, 0.6) is 11.5 Å². The molecule has 150 valence electrons. The Morgan fingerprint density at radius 3 is 2.68 bits per heavy atom. The molecule has 3 rings (SSSR count). The fourth-order valence-electron chi connectivity index (χ4n) is 3.65. The van der Waals surface area contributed by atoms with E-state index < -0.39 is 0 Å². The van der Waals surface area contributed by atoms with Gasteiger partial charge in [0.05, 0.1) is 14.2 Å². The highest BCUT2D eigenvalue weighted by Gasteiger charge is 2.23. The van der Waals surface area contributed by atoms with E-state index in [1.807, 2.05) is 6.92 Å². The molecule has 0 radical (unpaired) electrons. The lowest BCUT2D eigenvalue weighted by Crippen LogP contribution is -2.40. The van der Waals surface area contributed by atoms with Gasteiger partial charge in [0.1, 0.15) is 17.3 Å². The lowest BCUT2D eigenvalue weighted by atomic mass is 10.00. The van der Waals surface area contributed by atoms with E-state index in [4.69, 9.17) is 9.47 Å². The van der Waals surface area contributed by atoms with Crippen LogP contribution in [-0.4, -0.2) is 42.7 Å². The third kappa shape index (κ3) is 4.35. The fraction of sp³-hybridized carbons (Fsp3) is 0.476. The number of nitrogens with zero attached hydrogens (tertiary/aromatic N) is 3. The summed E-state index contributed by atoms with van der Waals surface area (Å²) in [6.45, 7) is 4.98. The van der Waals surface area contributed by atoms with Crippen LogP contribution in [0, 0.1) is 6.92 Å². The summed E-state index contributed by atoms with van der Waals surface area (Å²) in [5.41, 5.74) is 0.975. The van der Waals surface area contributed by atoms with E-state index in [0.717, 1.165) is 31.6 Å². The van der Waals surface area contributed by atoms with E-state index in [9.17, 15) is 4.79 Å². The van der Waals surface area contributed by atoms with Crippen molar-refractivity contribution in [3.8, 4) is 11.5 Å². The molecule has 0 bridgehead atoms. The van der Waals surface area contributed by atoms with Crippen molar-refractivity contribution >= 4 is 17.4 Å². The molecule has 1 atom stereocenters. The van der Waals surface area contributed by atoms with Crippen molar-refractivity contribution in [2.45, 2.75) is 45.6 Å². The van der Waals surface area contributed by atoms with Crippen LogP contribution in [0.25, 0.3) is 0 Å². The van der Waals surface area contributed by atoms with Gasteiger partial charge in [-0.25, -0.2) is 9.97 Å². The molecule has 1 aliphatic heterocycles. The van der Waals surface area contributed by atoms with Gasteiger partial charge in [0, 0.05) is 30.4 Å². The third-order valence-corrected chi connectivity index (χ3v) is 5.09. The molecule has 28 heavy (non-hydrogen) atoms. The van der Waals surface area contributed by atoms with Gasteiger partial charge in [-0.3, -0.25) is 4.79 Å². The van der Waals surface area contributed by atoms with E-state index in [1.165, 1.54) is 6.42 Å². The van der Waals surface area contributed by atoms with Crippen molar-refractivity contribution < 1.29 is 14.3 Å². The fourth-order valence-corrected chi connectivity index (χ4v) is 3.65. The zero-order valence-corrected chi connectivity index (χ0v) is 17.0. The Morgan fingerprint density at radius 2 is 1.96 bits per heavy atom. The Balaban J connectivity index is 1.83. The highest BCUT2D eigenvalue weighted by atomic mass is 16.5. The summed E-state index contributed by atoms with van der Waals surface area (Å²) < 4.78 is 10.5. The zero-order chi connectivity index (χ0) is 20.1. The van der Waals surface area contributed by atoms with Gasteiger partial charge < -0.3 is 19.7 Å². The van der Waals surface area contributed by atoms with Gasteiger partial charge in [-0.05, 0) is 44.7 Å². The van der Waals surface area contributed by atoms with E-state index >= 15 is 0 Å². The number of anilines is 2. The normalized spacial score (nSPS) is 16.6. The van der Waals surface area contributed by atoms with Crippen LogP contribution in [0.2, 0.25) is 0 Å². The van der Waals surface area contributed by atoms with Gasteiger partial charge in [0.25, 0.3) is 5.91 Å². The van der Waals surface area contributed by atoms with E-state index in [2.05, 4.69) is 27.1 Å². The number of hydrogen-bond donors (Lipinski definition) is 1. The summed E-state index contributed by atoms with van der Waals surface area (Å²) >= 11 is 0. The van der Waals surface area contributed by atoms with Gasteiger partial charge in [-0.15, -0.1) is 0 Å². The summed E-state index contributed by atoms with van der Waals surface area (Å²) in [5.74, 6) is 2.31. The molecular weight excluding hydrogens is 356 g/mol. The Bertz CT molecular complexity index is 840. The maximum Gasteiger partial charge on any atom is 0.274 e. The average molecular weight is 384 g/mol. The van der Waals surface area contributed by atoms with Crippen LogP contribution in [0.3, 0.4) is 0 Å². The van der Waals surface area contributed by atoms with Gasteiger partial charge >= 0.3 is 0 Å². The predicted molar refractivity (Wildman–Crippen MR) is 110 cm³/mol. The molecule has 0 aliphatic carbocycles. The number of hydrogen-bond acceptors (Lipinski definition) is 6. The molecule has 1 N–H and O–H groups in total. The number of carbonyl (C=O) groups is 1. The molecular formula is C21H28N4O3. The minimum absolute atomic E-state index is 0.274. The van der Waals surface area contributed by atoms with Gasteiger partial charge in [0.2, 0.25) is 0 Å².